The van der Waals surface area contributed by atoms with Crippen molar-refractivity contribution in [3.63, 3.8) is 0 Å². The van der Waals surface area contributed by atoms with Crippen molar-refractivity contribution in [3.05, 3.63) is 23.8 Å². The predicted octanol–water partition coefficient (Wildman–Crippen LogP) is 3.22. The first-order valence-electron chi connectivity index (χ1n) is 5.54. The van der Waals surface area contributed by atoms with Crippen LogP contribution < -0.4 is 0 Å². The second-order valence-electron chi connectivity index (χ2n) is 3.93. The van der Waals surface area contributed by atoms with E-state index in [2.05, 4.69) is 0 Å². The third-order valence-corrected chi connectivity index (χ3v) is 4.79. The Hall–Kier alpha value is -0.520. The monoisotopic (exact) mass is 274 g/mol. The van der Waals surface area contributed by atoms with Gasteiger partial charge < -0.3 is 0 Å². The van der Waals surface area contributed by atoms with Gasteiger partial charge in [-0.3, -0.25) is 4.18 Å². The van der Waals surface area contributed by atoms with Gasteiger partial charge in [-0.2, -0.15) is 8.42 Å². The predicted molar refractivity (Wildman–Crippen MR) is 71.0 cm³/mol. The van der Waals surface area contributed by atoms with Gasteiger partial charge in [-0.25, -0.2) is 0 Å². The summed E-state index contributed by atoms with van der Waals surface area (Å²) in [4.78, 5) is 1.06. The quantitative estimate of drug-likeness (QED) is 0.611. The Morgan fingerprint density at radius 3 is 2.53 bits per heavy atom. The number of hydrogen-bond donors (Lipinski definition) is 0. The first-order valence-corrected chi connectivity index (χ1v) is 7.93. The molecule has 0 heterocycles. The summed E-state index contributed by atoms with van der Waals surface area (Å²) < 4.78 is 29.3. The lowest BCUT2D eigenvalue weighted by Crippen LogP contribution is -2.14. The molecule has 5 heteroatoms. The largest absolute Gasteiger partial charge is 0.298 e. The summed E-state index contributed by atoms with van der Waals surface area (Å²) in [5, 5.41) is 0. The lowest BCUT2D eigenvalue weighted by molar-refractivity contribution is 0.248. The van der Waals surface area contributed by atoms with Gasteiger partial charge in [0.2, 0.25) is 0 Å². The third-order valence-electron chi connectivity index (χ3n) is 2.04. The van der Waals surface area contributed by atoms with Crippen LogP contribution >= 0.6 is 11.8 Å². The van der Waals surface area contributed by atoms with Crippen LogP contribution in [-0.2, 0) is 14.3 Å². The van der Waals surface area contributed by atoms with Crippen molar-refractivity contribution in [2.45, 2.75) is 43.6 Å². The number of benzene rings is 1. The average molecular weight is 274 g/mol. The fourth-order valence-electron chi connectivity index (χ4n) is 1.52. The maximum absolute atomic E-state index is 12.1. The Kier molecular flexibility index (Phi) is 5.04. The molecule has 1 aromatic rings. The molecule has 1 aromatic carbocycles. The van der Waals surface area contributed by atoms with E-state index in [1.54, 1.807) is 26.8 Å². The van der Waals surface area contributed by atoms with Crippen molar-refractivity contribution in [3.8, 4) is 0 Å². The van der Waals surface area contributed by atoms with Crippen LogP contribution in [0.25, 0.3) is 0 Å². The molecule has 1 rings (SSSR count). The highest BCUT2D eigenvalue weighted by Gasteiger charge is 2.23. The Labute approximate surface area is 108 Å². The summed E-state index contributed by atoms with van der Waals surface area (Å²) >= 11 is 1.51. The molecule has 0 aromatic heterocycles. The number of thioether (sulfide) groups is 1. The molecule has 0 radical (unpaired) electrons. The Balaban J connectivity index is 3.28. The van der Waals surface area contributed by atoms with Crippen molar-refractivity contribution in [1.82, 2.24) is 0 Å². The van der Waals surface area contributed by atoms with Crippen LogP contribution in [0.4, 0.5) is 0 Å². The van der Waals surface area contributed by atoms with Gasteiger partial charge in [-0.05, 0) is 38.2 Å². The van der Waals surface area contributed by atoms with Crippen LogP contribution in [0.2, 0.25) is 0 Å². The second kappa shape index (κ2) is 5.89. The molecule has 0 atom stereocenters. The lowest BCUT2D eigenvalue weighted by atomic mass is 10.2. The number of hydrogen-bond acceptors (Lipinski definition) is 4. The average Bonchev–Trinajstić information content (AvgIpc) is 2.15. The molecule has 0 aliphatic carbocycles. The third kappa shape index (κ3) is 3.72. The van der Waals surface area contributed by atoms with E-state index in [1.807, 2.05) is 19.1 Å². The van der Waals surface area contributed by atoms with Gasteiger partial charge in [0, 0.05) is 4.90 Å². The highest BCUT2D eigenvalue weighted by Crippen LogP contribution is 2.30. The van der Waals surface area contributed by atoms with Crippen molar-refractivity contribution < 1.29 is 12.6 Å². The number of aryl methyl sites for hydroxylation is 1. The Morgan fingerprint density at radius 1 is 1.35 bits per heavy atom. The van der Waals surface area contributed by atoms with Gasteiger partial charge in [0.05, 0.1) is 6.10 Å². The first kappa shape index (κ1) is 14.5. The molecule has 0 bridgehead atoms. The molecule has 96 valence electrons. The highest BCUT2D eigenvalue weighted by molar-refractivity contribution is 8.00. The normalized spacial score (nSPS) is 12.1. The molecular weight excluding hydrogens is 256 g/mol. The van der Waals surface area contributed by atoms with Gasteiger partial charge in [-0.15, -0.1) is 11.8 Å². The first-order chi connectivity index (χ1) is 7.88. The van der Waals surface area contributed by atoms with E-state index in [4.69, 9.17) is 4.18 Å². The summed E-state index contributed by atoms with van der Waals surface area (Å²) in [7, 11) is -3.66. The molecule has 0 aliphatic rings. The van der Waals surface area contributed by atoms with E-state index >= 15 is 0 Å². The highest BCUT2D eigenvalue weighted by atomic mass is 32.2. The minimum atomic E-state index is -3.66. The molecule has 0 fully saturated rings. The Morgan fingerprint density at radius 2 is 2.00 bits per heavy atom. The minimum absolute atomic E-state index is 0.306. The van der Waals surface area contributed by atoms with E-state index in [0.717, 1.165) is 16.2 Å². The van der Waals surface area contributed by atoms with Crippen molar-refractivity contribution in [2.24, 2.45) is 0 Å². The van der Waals surface area contributed by atoms with Gasteiger partial charge >= 0.3 is 0 Å². The molecule has 0 amide bonds. The summed E-state index contributed by atoms with van der Waals surface area (Å²) in [5.41, 5.74) is 0.726. The molecule has 0 saturated heterocycles. The van der Waals surface area contributed by atoms with Crippen LogP contribution in [0.15, 0.2) is 28.0 Å². The zero-order chi connectivity index (χ0) is 13.1. The molecule has 0 aliphatic heterocycles. The fraction of sp³-hybridized carbons (Fsp3) is 0.500. The van der Waals surface area contributed by atoms with Gasteiger partial charge in [0.15, 0.2) is 0 Å². The smallest absolute Gasteiger partial charge is 0.264 e. The standard InChI is InChI=1S/C12H18O3S2/c1-5-16-11-8-6-7-10(4)12(11)17(13,14)15-9(2)3/h6-9H,5H2,1-4H3. The summed E-state index contributed by atoms with van der Waals surface area (Å²) in [6.07, 6.45) is -0.348. The van der Waals surface area contributed by atoms with Gasteiger partial charge in [-0.1, -0.05) is 19.1 Å². The maximum Gasteiger partial charge on any atom is 0.298 e. The van der Waals surface area contributed by atoms with Crippen molar-refractivity contribution >= 4 is 21.9 Å². The van der Waals surface area contributed by atoms with Crippen molar-refractivity contribution in [1.29, 1.82) is 0 Å². The molecule has 0 unspecified atom stereocenters. The van der Waals surface area contributed by atoms with Crippen molar-refractivity contribution in [2.75, 3.05) is 5.75 Å². The van der Waals surface area contributed by atoms with Gasteiger partial charge in [0.1, 0.15) is 4.90 Å². The lowest BCUT2D eigenvalue weighted by Gasteiger charge is -2.14. The zero-order valence-corrected chi connectivity index (χ0v) is 12.2. The summed E-state index contributed by atoms with van der Waals surface area (Å²) in [5.74, 6) is 0.827. The zero-order valence-electron chi connectivity index (χ0n) is 10.6. The van der Waals surface area contributed by atoms with E-state index in [9.17, 15) is 8.42 Å². The van der Waals surface area contributed by atoms with Crippen LogP contribution in [0, 0.1) is 6.92 Å². The van der Waals surface area contributed by atoms with Crippen LogP contribution in [0.5, 0.6) is 0 Å². The molecule has 0 saturated carbocycles. The molecule has 0 N–H and O–H groups in total. The van der Waals surface area contributed by atoms with E-state index in [-0.39, 0.29) is 6.10 Å². The second-order valence-corrected chi connectivity index (χ2v) is 6.75. The van der Waals surface area contributed by atoms with Crippen LogP contribution in [0.3, 0.4) is 0 Å². The SMILES string of the molecule is CCSc1cccc(C)c1S(=O)(=O)OC(C)C. The van der Waals surface area contributed by atoms with E-state index < -0.39 is 10.1 Å². The minimum Gasteiger partial charge on any atom is -0.264 e. The van der Waals surface area contributed by atoms with E-state index in [0.29, 0.717) is 4.90 Å². The van der Waals surface area contributed by atoms with Crippen LogP contribution in [0.1, 0.15) is 26.3 Å². The molecular formula is C12H18O3S2. The molecule has 0 spiro atoms. The summed E-state index contributed by atoms with van der Waals surface area (Å²) in [6.45, 7) is 7.20. The van der Waals surface area contributed by atoms with Crippen LogP contribution in [-0.4, -0.2) is 20.3 Å². The fourth-order valence-corrected chi connectivity index (χ4v) is 4.16. The maximum atomic E-state index is 12.1. The summed E-state index contributed by atoms with van der Waals surface area (Å²) in [6, 6.07) is 5.47. The topological polar surface area (TPSA) is 43.4 Å². The van der Waals surface area contributed by atoms with Gasteiger partial charge in [0.25, 0.3) is 10.1 Å². The molecule has 17 heavy (non-hydrogen) atoms. The number of rotatable bonds is 5. The molecule has 3 nitrogen and oxygen atoms in total. The van der Waals surface area contributed by atoms with E-state index in [1.165, 1.54) is 11.8 Å². The Bertz CT molecular complexity index is 479.